The standard InChI is InChI=1S/C22H31N4.2C4H4O4/c1-3-8-19-15-20(24-25-22(19)18-9-6-5-7-10-18)23-21-12-11-17-13-14-26(21,4-2)16-17;2*5-3(6)1-2-4(7)8/h5-7,9-10,15,17,21H,3-4,8,11-14,16H2,1-2H3,(H,23,24);2*1-2H,(H,5,6)(H,7,8)/q+1;;/b;2*2-1+. The highest BCUT2D eigenvalue weighted by Gasteiger charge is 2.47. The molecule has 0 saturated carbocycles. The van der Waals surface area contributed by atoms with Crippen LogP contribution in [0, 0.1) is 5.92 Å². The number of quaternary nitrogens is 1. The molecule has 2 bridgehead atoms. The minimum Gasteiger partial charge on any atom is -0.478 e. The molecule has 1 aromatic heterocycles. The topological polar surface area (TPSA) is 187 Å². The first kappa shape index (κ1) is 33.6. The van der Waals surface area contributed by atoms with Gasteiger partial charge in [0.1, 0.15) is 0 Å². The first-order valence-corrected chi connectivity index (χ1v) is 13.8. The predicted octanol–water partition coefficient (Wildman–Crippen LogP) is 3.91. The predicted molar refractivity (Wildman–Crippen MR) is 156 cm³/mol. The Balaban J connectivity index is 0.000000319. The average molecular weight is 584 g/mol. The first-order valence-electron chi connectivity index (χ1n) is 13.8. The van der Waals surface area contributed by atoms with Crippen molar-refractivity contribution in [1.29, 1.82) is 0 Å². The molecule has 0 radical (unpaired) electrons. The Morgan fingerprint density at radius 1 is 0.857 bits per heavy atom. The minimum absolute atomic E-state index is 0.491. The van der Waals surface area contributed by atoms with Crippen molar-refractivity contribution >= 4 is 29.7 Å². The molecule has 3 unspecified atom stereocenters. The van der Waals surface area contributed by atoms with Crippen LogP contribution in [-0.2, 0) is 25.6 Å². The minimum atomic E-state index is -1.26. The monoisotopic (exact) mass is 583 g/mol. The number of carboxylic acid groups (broad SMARTS) is 4. The molecular formula is C30H39N4O8+. The number of nitrogens with one attached hydrogen (secondary N) is 1. The van der Waals surface area contributed by atoms with E-state index in [9.17, 15) is 19.2 Å². The molecule has 42 heavy (non-hydrogen) atoms. The number of carbonyl (C=O) groups is 4. The SMILES string of the molecule is CCCc1cc(NC2CCC3CC[N+]2(CC)C3)nnc1-c1ccccc1.O=C(O)/C=C/C(=O)O.O=C(O)/C=C/C(=O)O. The van der Waals surface area contributed by atoms with E-state index in [0.717, 1.165) is 35.8 Å². The molecule has 3 heterocycles. The third-order valence-electron chi connectivity index (χ3n) is 7.23. The molecule has 3 atom stereocenters. The lowest BCUT2D eigenvalue weighted by Crippen LogP contribution is -2.58. The highest BCUT2D eigenvalue weighted by molar-refractivity contribution is 5.90. The van der Waals surface area contributed by atoms with Gasteiger partial charge < -0.3 is 30.2 Å². The quantitative estimate of drug-likeness (QED) is 0.202. The summed E-state index contributed by atoms with van der Waals surface area (Å²) in [5.41, 5.74) is 3.49. The van der Waals surface area contributed by atoms with Crippen LogP contribution in [0.5, 0.6) is 0 Å². The van der Waals surface area contributed by atoms with Crippen molar-refractivity contribution in [3.05, 3.63) is 66.3 Å². The number of carboxylic acids is 4. The van der Waals surface area contributed by atoms with Gasteiger partial charge in [-0.05, 0) is 31.4 Å². The summed E-state index contributed by atoms with van der Waals surface area (Å²) in [6.07, 6.45) is 8.88. The smallest absolute Gasteiger partial charge is 0.328 e. The van der Waals surface area contributed by atoms with Crippen LogP contribution in [-0.4, -0.2) is 84.8 Å². The number of anilines is 1. The van der Waals surface area contributed by atoms with Gasteiger partial charge in [-0.3, -0.25) is 0 Å². The van der Waals surface area contributed by atoms with Crippen molar-refractivity contribution < 1.29 is 44.1 Å². The largest absolute Gasteiger partial charge is 0.478 e. The summed E-state index contributed by atoms with van der Waals surface area (Å²) in [5.74, 6) is -3.13. The molecule has 0 spiro atoms. The number of hydrogen-bond acceptors (Lipinski definition) is 7. The maximum atomic E-state index is 9.55. The van der Waals surface area contributed by atoms with E-state index in [2.05, 4.69) is 59.7 Å². The van der Waals surface area contributed by atoms with E-state index in [1.165, 1.54) is 48.9 Å². The highest BCUT2D eigenvalue weighted by Crippen LogP contribution is 2.38. The van der Waals surface area contributed by atoms with Gasteiger partial charge in [-0.15, -0.1) is 10.2 Å². The Kier molecular flexibility index (Phi) is 13.3. The Labute approximate surface area is 244 Å². The second kappa shape index (κ2) is 16.6. The van der Waals surface area contributed by atoms with Gasteiger partial charge in [-0.25, -0.2) is 19.2 Å². The van der Waals surface area contributed by atoms with Crippen LogP contribution in [0.15, 0.2) is 60.7 Å². The Morgan fingerprint density at radius 3 is 1.93 bits per heavy atom. The average Bonchev–Trinajstić information content (AvgIpc) is 3.32. The molecule has 4 rings (SSSR count). The third-order valence-corrected chi connectivity index (χ3v) is 7.23. The number of nitrogens with zero attached hydrogens (tertiary/aromatic N) is 3. The van der Waals surface area contributed by atoms with Crippen molar-refractivity contribution in [3.63, 3.8) is 0 Å². The summed E-state index contributed by atoms with van der Waals surface area (Å²) in [6.45, 7) is 8.44. The van der Waals surface area contributed by atoms with Crippen LogP contribution in [0.25, 0.3) is 11.3 Å². The van der Waals surface area contributed by atoms with E-state index in [1.807, 2.05) is 6.07 Å². The van der Waals surface area contributed by atoms with Crippen molar-refractivity contribution in [2.45, 2.75) is 52.1 Å². The summed E-state index contributed by atoms with van der Waals surface area (Å²) in [7, 11) is 0. The van der Waals surface area contributed by atoms with Crippen LogP contribution in [0.4, 0.5) is 5.82 Å². The molecule has 0 amide bonds. The number of fused-ring (bicyclic) bond motifs is 2. The van der Waals surface area contributed by atoms with Crippen LogP contribution in [0.1, 0.15) is 45.1 Å². The number of aromatic nitrogens is 2. The molecule has 12 nitrogen and oxygen atoms in total. The van der Waals surface area contributed by atoms with Gasteiger partial charge in [0.25, 0.3) is 0 Å². The molecule has 226 valence electrons. The zero-order valence-electron chi connectivity index (χ0n) is 23.8. The number of aryl methyl sites for hydroxylation is 1. The van der Waals surface area contributed by atoms with Crippen LogP contribution in [0.3, 0.4) is 0 Å². The molecule has 2 fully saturated rings. The molecule has 2 saturated heterocycles. The van der Waals surface area contributed by atoms with Crippen LogP contribution in [0.2, 0.25) is 0 Å². The van der Waals surface area contributed by atoms with E-state index in [0.29, 0.717) is 30.5 Å². The van der Waals surface area contributed by atoms with Crippen molar-refractivity contribution in [1.82, 2.24) is 10.2 Å². The summed E-state index contributed by atoms with van der Waals surface area (Å²) in [6, 6.07) is 12.7. The number of aliphatic carboxylic acids is 4. The van der Waals surface area contributed by atoms with Gasteiger partial charge in [0.2, 0.25) is 0 Å². The second-order valence-electron chi connectivity index (χ2n) is 10.1. The van der Waals surface area contributed by atoms with Crippen molar-refractivity contribution in [2.75, 3.05) is 25.0 Å². The summed E-state index contributed by atoms with van der Waals surface area (Å²) in [4.78, 5) is 38.2. The zero-order valence-corrected chi connectivity index (χ0v) is 23.8. The van der Waals surface area contributed by atoms with E-state index in [4.69, 9.17) is 20.4 Å². The summed E-state index contributed by atoms with van der Waals surface area (Å²) in [5, 5.41) is 44.2. The van der Waals surface area contributed by atoms with E-state index in [1.54, 1.807) is 0 Å². The molecule has 2 aliphatic rings. The fourth-order valence-corrected chi connectivity index (χ4v) is 5.30. The Hall–Kier alpha value is -4.58. The first-order chi connectivity index (χ1) is 20.0. The molecule has 5 N–H and O–H groups in total. The molecule has 2 aliphatic heterocycles. The maximum Gasteiger partial charge on any atom is 0.328 e. The number of hydrogen-bond donors (Lipinski definition) is 5. The van der Waals surface area contributed by atoms with E-state index >= 15 is 0 Å². The van der Waals surface area contributed by atoms with Crippen LogP contribution >= 0.6 is 0 Å². The molecule has 12 heteroatoms. The lowest BCUT2D eigenvalue weighted by molar-refractivity contribution is -0.940. The third kappa shape index (κ3) is 10.8. The lowest BCUT2D eigenvalue weighted by atomic mass is 9.97. The highest BCUT2D eigenvalue weighted by atomic mass is 16.4. The summed E-state index contributed by atoms with van der Waals surface area (Å²) < 4.78 is 1.22. The van der Waals surface area contributed by atoms with Crippen LogP contribution < -0.4 is 5.32 Å². The van der Waals surface area contributed by atoms with Gasteiger partial charge in [-0.1, -0.05) is 43.7 Å². The Morgan fingerprint density at radius 2 is 1.43 bits per heavy atom. The van der Waals surface area contributed by atoms with E-state index in [-0.39, 0.29) is 0 Å². The van der Waals surface area contributed by atoms with Crippen molar-refractivity contribution in [2.24, 2.45) is 5.92 Å². The van der Waals surface area contributed by atoms with Gasteiger partial charge in [0.15, 0.2) is 12.0 Å². The van der Waals surface area contributed by atoms with Crippen molar-refractivity contribution in [3.8, 4) is 11.3 Å². The maximum absolute atomic E-state index is 9.55. The number of rotatable bonds is 10. The lowest BCUT2D eigenvalue weighted by Gasteiger charge is -2.44. The fourth-order valence-electron chi connectivity index (χ4n) is 5.30. The van der Waals surface area contributed by atoms with Gasteiger partial charge in [0, 0.05) is 48.6 Å². The zero-order chi connectivity index (χ0) is 31.1. The van der Waals surface area contributed by atoms with Gasteiger partial charge in [0.05, 0.1) is 25.3 Å². The second-order valence-corrected chi connectivity index (χ2v) is 10.1. The summed E-state index contributed by atoms with van der Waals surface area (Å²) >= 11 is 0. The molecule has 2 aromatic rings. The molecule has 0 aliphatic carbocycles. The number of benzene rings is 1. The van der Waals surface area contributed by atoms with Gasteiger partial charge >= 0.3 is 23.9 Å². The number of piperidine rings is 1. The van der Waals surface area contributed by atoms with E-state index < -0.39 is 23.9 Å². The Bertz CT molecular complexity index is 1220. The van der Waals surface area contributed by atoms with Gasteiger partial charge in [-0.2, -0.15) is 0 Å². The molecule has 1 aromatic carbocycles. The normalized spacial score (nSPS) is 20.6. The fraction of sp³-hybridized carbons (Fsp3) is 0.400. The molecular weight excluding hydrogens is 544 g/mol.